The van der Waals surface area contributed by atoms with Gasteiger partial charge in [-0.2, -0.15) is 13.2 Å². The van der Waals surface area contributed by atoms with E-state index in [9.17, 15) is 26.4 Å². The molecule has 0 unspecified atom stereocenters. The van der Waals surface area contributed by atoms with Crippen LogP contribution in [0.5, 0.6) is 0 Å². The van der Waals surface area contributed by atoms with Crippen LogP contribution in [0.25, 0.3) is 10.9 Å². The van der Waals surface area contributed by atoms with Crippen LogP contribution in [-0.2, 0) is 16.4 Å². The van der Waals surface area contributed by atoms with Gasteiger partial charge in [-0.05, 0) is 82.1 Å². The molecule has 0 spiro atoms. The van der Waals surface area contributed by atoms with Crippen LogP contribution >= 0.6 is 0 Å². The molecule has 4 heterocycles. The van der Waals surface area contributed by atoms with Crippen LogP contribution in [0.15, 0.2) is 42.6 Å². The first kappa shape index (κ1) is 30.7. The molecule has 2 aliphatic rings. The highest BCUT2D eigenvalue weighted by Gasteiger charge is 2.30. The number of hydrogen-bond acceptors (Lipinski definition) is 7. The molecule has 5 rings (SSSR count). The highest BCUT2D eigenvalue weighted by Crippen LogP contribution is 2.31. The normalized spacial score (nSPS) is 18.1. The van der Waals surface area contributed by atoms with Crippen molar-refractivity contribution in [2.24, 2.45) is 0 Å². The third-order valence-corrected chi connectivity index (χ3v) is 9.56. The van der Waals surface area contributed by atoms with Crippen LogP contribution in [0, 0.1) is 11.8 Å². The number of piperidine rings is 1. The number of halogens is 3. The van der Waals surface area contributed by atoms with E-state index in [1.165, 1.54) is 6.20 Å². The topological polar surface area (TPSA) is 108 Å². The van der Waals surface area contributed by atoms with Gasteiger partial charge in [0.2, 0.25) is 0 Å². The monoisotopic (exact) mass is 616 g/mol. The van der Waals surface area contributed by atoms with Crippen molar-refractivity contribution in [1.82, 2.24) is 19.8 Å². The van der Waals surface area contributed by atoms with Gasteiger partial charge in [0.05, 0.1) is 41.1 Å². The summed E-state index contributed by atoms with van der Waals surface area (Å²) in [5, 5.41) is 10.0. The standard InChI is InChI=1S/C30H35F3N6O3S/c1-38-14-9-21(10-15-38)37-29(40)27-8-7-23(19-35-27)34-13-3-4-24-18-25-26(36-22-11-16-43(41,42)17-12-22)5-2-6-28(25)39(24)20-30(31,32)33/h2,5-8,18-19,21-22,34,36H,9-17,20H2,1H3,(H,37,40). The fourth-order valence-corrected chi connectivity index (χ4v) is 6.94. The molecule has 1 aromatic carbocycles. The first-order valence-corrected chi connectivity index (χ1v) is 16.1. The van der Waals surface area contributed by atoms with E-state index in [1.54, 1.807) is 36.4 Å². The van der Waals surface area contributed by atoms with Crippen LogP contribution in [0.2, 0.25) is 0 Å². The molecule has 1 amide bonds. The number of pyridine rings is 1. The van der Waals surface area contributed by atoms with Crippen LogP contribution in [0.4, 0.5) is 24.5 Å². The summed E-state index contributed by atoms with van der Waals surface area (Å²) in [7, 11) is -0.978. The number of rotatable bonds is 7. The quantitative estimate of drug-likeness (QED) is 0.346. The molecular weight excluding hydrogens is 581 g/mol. The van der Waals surface area contributed by atoms with E-state index in [-0.39, 0.29) is 41.7 Å². The number of alkyl halides is 3. The predicted molar refractivity (Wildman–Crippen MR) is 161 cm³/mol. The molecule has 230 valence electrons. The van der Waals surface area contributed by atoms with Crippen LogP contribution in [0.3, 0.4) is 0 Å². The van der Waals surface area contributed by atoms with E-state index in [2.05, 4.69) is 44.7 Å². The maximum atomic E-state index is 13.5. The van der Waals surface area contributed by atoms with E-state index in [4.69, 9.17) is 0 Å². The fourth-order valence-electron chi connectivity index (χ4n) is 5.44. The van der Waals surface area contributed by atoms with E-state index in [0.29, 0.717) is 40.8 Å². The van der Waals surface area contributed by atoms with Gasteiger partial charge in [0.15, 0.2) is 0 Å². The number of likely N-dealkylation sites (tertiary alicyclic amines) is 1. The van der Waals surface area contributed by atoms with Gasteiger partial charge < -0.3 is 25.4 Å². The Kier molecular flexibility index (Phi) is 9.17. The lowest BCUT2D eigenvalue weighted by Crippen LogP contribution is -2.43. The molecule has 2 aliphatic heterocycles. The number of benzene rings is 1. The Balaban J connectivity index is 1.25. The largest absolute Gasteiger partial charge is 0.406 e. The summed E-state index contributed by atoms with van der Waals surface area (Å²) in [6, 6.07) is 10.1. The Morgan fingerprint density at radius 1 is 1.07 bits per heavy atom. The Hall–Kier alpha value is -3.76. The number of aromatic nitrogens is 2. The molecule has 0 bridgehead atoms. The molecule has 3 N–H and O–H groups in total. The molecular formula is C30H35F3N6O3S. The van der Waals surface area contributed by atoms with Crippen LogP contribution in [0.1, 0.15) is 41.9 Å². The first-order chi connectivity index (χ1) is 20.5. The molecule has 13 heteroatoms. The van der Waals surface area contributed by atoms with E-state index < -0.39 is 22.6 Å². The van der Waals surface area contributed by atoms with Crippen molar-refractivity contribution in [2.45, 2.75) is 50.5 Å². The Morgan fingerprint density at radius 3 is 2.49 bits per heavy atom. The molecule has 9 nitrogen and oxygen atoms in total. The Bertz CT molecular complexity index is 1600. The molecule has 0 aliphatic carbocycles. The first-order valence-electron chi connectivity index (χ1n) is 14.3. The van der Waals surface area contributed by atoms with E-state index >= 15 is 0 Å². The smallest absolute Gasteiger partial charge is 0.382 e. The number of carbonyl (C=O) groups is 1. The van der Waals surface area contributed by atoms with Crippen LogP contribution < -0.4 is 16.0 Å². The molecule has 3 aromatic rings. The molecule has 0 saturated carbocycles. The molecule has 2 aromatic heterocycles. The zero-order valence-corrected chi connectivity index (χ0v) is 24.7. The number of nitrogens with zero attached hydrogens (tertiary/aromatic N) is 3. The predicted octanol–water partition coefficient (Wildman–Crippen LogP) is 3.88. The molecule has 2 saturated heterocycles. The van der Waals surface area contributed by atoms with Gasteiger partial charge in [0.1, 0.15) is 22.1 Å². The van der Waals surface area contributed by atoms with Crippen molar-refractivity contribution < 1.29 is 26.4 Å². The Morgan fingerprint density at radius 2 is 1.81 bits per heavy atom. The second-order valence-electron chi connectivity index (χ2n) is 11.2. The average Bonchev–Trinajstić information content (AvgIpc) is 3.30. The van der Waals surface area contributed by atoms with Gasteiger partial charge in [-0.3, -0.25) is 4.79 Å². The van der Waals surface area contributed by atoms with Gasteiger partial charge >= 0.3 is 6.18 Å². The third-order valence-electron chi connectivity index (χ3n) is 7.84. The van der Waals surface area contributed by atoms with Gasteiger partial charge in [0, 0.05) is 23.2 Å². The summed E-state index contributed by atoms with van der Waals surface area (Å²) in [4.78, 5) is 19.0. The minimum absolute atomic E-state index is 0.0841. The number of carbonyl (C=O) groups excluding carboxylic acids is 1. The summed E-state index contributed by atoms with van der Waals surface area (Å²) < 4.78 is 65.3. The number of fused-ring (bicyclic) bond motifs is 1. The molecule has 0 radical (unpaired) electrons. The summed E-state index contributed by atoms with van der Waals surface area (Å²) >= 11 is 0. The molecule has 0 atom stereocenters. The average molecular weight is 617 g/mol. The second kappa shape index (κ2) is 12.9. The van der Waals surface area contributed by atoms with Crippen molar-refractivity contribution >= 4 is 38.0 Å². The zero-order chi connectivity index (χ0) is 30.6. The maximum Gasteiger partial charge on any atom is 0.406 e. The van der Waals surface area contributed by atoms with Gasteiger partial charge in [-0.25, -0.2) is 13.4 Å². The maximum absolute atomic E-state index is 13.5. The minimum atomic E-state index is -4.45. The number of amides is 1. The summed E-state index contributed by atoms with van der Waals surface area (Å²) in [5.41, 5.74) is 2.19. The lowest BCUT2D eigenvalue weighted by molar-refractivity contribution is -0.140. The lowest BCUT2D eigenvalue weighted by Gasteiger charge is -2.29. The second-order valence-corrected chi connectivity index (χ2v) is 13.5. The fraction of sp³-hybridized carbons (Fsp3) is 0.467. The number of hydrogen-bond donors (Lipinski definition) is 3. The number of sulfone groups is 1. The van der Waals surface area contributed by atoms with Crippen molar-refractivity contribution in [1.29, 1.82) is 0 Å². The number of anilines is 2. The van der Waals surface area contributed by atoms with E-state index in [0.717, 1.165) is 30.5 Å². The molecule has 2 fully saturated rings. The third kappa shape index (κ3) is 8.20. The minimum Gasteiger partial charge on any atom is -0.382 e. The summed E-state index contributed by atoms with van der Waals surface area (Å²) in [6.07, 6.45) is -0.242. The van der Waals surface area contributed by atoms with Crippen molar-refractivity contribution in [3.8, 4) is 11.8 Å². The highest BCUT2D eigenvalue weighted by atomic mass is 32.2. The van der Waals surface area contributed by atoms with Crippen molar-refractivity contribution in [3.63, 3.8) is 0 Å². The van der Waals surface area contributed by atoms with Crippen molar-refractivity contribution in [2.75, 3.05) is 48.8 Å². The SMILES string of the molecule is CN1CCC(NC(=O)c2ccc(NCC#Cc3cc4c(NC5CCS(=O)(=O)CC5)cccc4n3CC(F)(F)F)cn2)CC1. The van der Waals surface area contributed by atoms with Gasteiger partial charge in [-0.15, -0.1) is 0 Å². The zero-order valence-electron chi connectivity index (χ0n) is 23.9. The number of nitrogens with one attached hydrogen (secondary N) is 3. The van der Waals surface area contributed by atoms with E-state index in [1.807, 2.05) is 0 Å². The highest BCUT2D eigenvalue weighted by molar-refractivity contribution is 7.91. The summed E-state index contributed by atoms with van der Waals surface area (Å²) in [5.74, 6) is 5.72. The van der Waals surface area contributed by atoms with Crippen molar-refractivity contribution in [3.05, 3.63) is 54.0 Å². The van der Waals surface area contributed by atoms with Crippen LogP contribution in [-0.4, -0.2) is 85.2 Å². The lowest BCUT2D eigenvalue weighted by atomic mass is 10.1. The summed E-state index contributed by atoms with van der Waals surface area (Å²) in [6.45, 7) is 0.833. The molecule has 43 heavy (non-hydrogen) atoms. The Labute approximate surface area is 249 Å². The van der Waals surface area contributed by atoms with Gasteiger partial charge in [-0.1, -0.05) is 12.0 Å². The van der Waals surface area contributed by atoms with Gasteiger partial charge in [0.25, 0.3) is 5.91 Å².